The fraction of sp³-hybridized carbons (Fsp3) is 0.0909. The summed E-state index contributed by atoms with van der Waals surface area (Å²) in [6.07, 6.45) is 1.40. The van der Waals surface area contributed by atoms with Crippen molar-refractivity contribution < 1.29 is 4.39 Å². The third kappa shape index (κ3) is 3.12. The van der Waals surface area contributed by atoms with Crippen LogP contribution in [0.3, 0.4) is 0 Å². The van der Waals surface area contributed by atoms with E-state index < -0.39 is 0 Å². The topological polar surface area (TPSA) is 75.9 Å². The zero-order valence-corrected chi connectivity index (χ0v) is 12.2. The number of nitrogens with two attached hydrogens (primary N) is 1. The molecule has 0 fully saturated rings. The molecule has 1 aromatic heterocycles. The predicted octanol–water partition coefficient (Wildman–Crippen LogP) is 3.37. The van der Waals surface area contributed by atoms with Gasteiger partial charge >= 0.3 is 0 Å². The molecule has 4 N–H and O–H groups in total. The second-order valence-corrected chi connectivity index (χ2v) is 5.00. The SMILES string of the molecule is Cc1cc(Br)c(F)cc1Nc1nc(NN)ncc1Cl. The highest BCUT2D eigenvalue weighted by molar-refractivity contribution is 9.10. The number of hydrogen-bond donors (Lipinski definition) is 3. The predicted molar refractivity (Wildman–Crippen MR) is 77.0 cm³/mol. The van der Waals surface area contributed by atoms with E-state index in [1.165, 1.54) is 12.3 Å². The molecular formula is C11H10BrClFN5. The summed E-state index contributed by atoms with van der Waals surface area (Å²) in [5, 5.41) is 3.25. The maximum atomic E-state index is 13.5. The number of halogens is 3. The fourth-order valence-electron chi connectivity index (χ4n) is 1.43. The van der Waals surface area contributed by atoms with Crippen molar-refractivity contribution in [3.63, 3.8) is 0 Å². The minimum Gasteiger partial charge on any atom is -0.339 e. The third-order valence-electron chi connectivity index (χ3n) is 2.39. The van der Waals surface area contributed by atoms with Gasteiger partial charge in [-0.05, 0) is 40.5 Å². The molecule has 1 aromatic carbocycles. The summed E-state index contributed by atoms with van der Waals surface area (Å²) in [6.45, 7) is 1.84. The molecule has 0 radical (unpaired) electrons. The van der Waals surface area contributed by atoms with Crippen LogP contribution in [-0.4, -0.2) is 9.97 Å². The van der Waals surface area contributed by atoms with Crippen molar-refractivity contribution in [2.24, 2.45) is 5.84 Å². The van der Waals surface area contributed by atoms with Crippen molar-refractivity contribution in [1.29, 1.82) is 0 Å². The number of anilines is 3. The van der Waals surface area contributed by atoms with Gasteiger partial charge in [-0.2, -0.15) is 4.98 Å². The van der Waals surface area contributed by atoms with E-state index >= 15 is 0 Å². The lowest BCUT2D eigenvalue weighted by molar-refractivity contribution is 0.621. The molecule has 0 spiro atoms. The van der Waals surface area contributed by atoms with Gasteiger partial charge in [-0.15, -0.1) is 0 Å². The Labute approximate surface area is 122 Å². The van der Waals surface area contributed by atoms with Crippen LogP contribution in [-0.2, 0) is 0 Å². The van der Waals surface area contributed by atoms with E-state index in [2.05, 4.69) is 36.6 Å². The van der Waals surface area contributed by atoms with Gasteiger partial charge in [0.1, 0.15) is 10.8 Å². The smallest absolute Gasteiger partial charge is 0.239 e. The van der Waals surface area contributed by atoms with Gasteiger partial charge in [0.15, 0.2) is 5.82 Å². The molecule has 2 aromatic rings. The van der Waals surface area contributed by atoms with Crippen LogP contribution in [0.4, 0.5) is 21.8 Å². The number of benzene rings is 1. The maximum Gasteiger partial charge on any atom is 0.239 e. The number of nitrogens with zero attached hydrogens (tertiary/aromatic N) is 2. The molecule has 2 rings (SSSR count). The van der Waals surface area contributed by atoms with Crippen LogP contribution in [0, 0.1) is 12.7 Å². The Bertz CT molecular complexity index is 622. The first-order valence-corrected chi connectivity index (χ1v) is 6.40. The number of rotatable bonds is 3. The lowest BCUT2D eigenvalue weighted by Gasteiger charge is -2.11. The van der Waals surface area contributed by atoms with E-state index in [0.717, 1.165) is 5.56 Å². The number of hydrogen-bond acceptors (Lipinski definition) is 5. The van der Waals surface area contributed by atoms with Gasteiger partial charge in [-0.25, -0.2) is 15.2 Å². The summed E-state index contributed by atoms with van der Waals surface area (Å²) in [6, 6.07) is 3.02. The van der Waals surface area contributed by atoms with Crippen LogP contribution in [0.2, 0.25) is 5.02 Å². The molecule has 0 saturated carbocycles. The third-order valence-corrected chi connectivity index (χ3v) is 3.28. The molecule has 0 aliphatic carbocycles. The Balaban J connectivity index is 2.38. The Morgan fingerprint density at radius 1 is 1.42 bits per heavy atom. The van der Waals surface area contributed by atoms with E-state index in [0.29, 0.717) is 21.0 Å². The Morgan fingerprint density at radius 2 is 2.16 bits per heavy atom. The van der Waals surface area contributed by atoms with Crippen molar-refractivity contribution in [1.82, 2.24) is 9.97 Å². The normalized spacial score (nSPS) is 10.4. The quantitative estimate of drug-likeness (QED) is 0.587. The van der Waals surface area contributed by atoms with Crippen LogP contribution in [0.25, 0.3) is 0 Å². The summed E-state index contributed by atoms with van der Waals surface area (Å²) < 4.78 is 13.9. The van der Waals surface area contributed by atoms with Gasteiger partial charge in [0.05, 0.1) is 10.7 Å². The number of aryl methyl sites for hydroxylation is 1. The standard InChI is InChI=1S/C11H10BrClFN5/c1-5-2-6(12)8(14)3-9(5)17-10-7(13)4-16-11(18-10)19-15/h2-4H,15H2,1H3,(H2,16,17,18,19). The molecule has 0 aliphatic rings. The molecular weight excluding hydrogens is 337 g/mol. The highest BCUT2D eigenvalue weighted by Gasteiger charge is 2.09. The summed E-state index contributed by atoms with van der Waals surface area (Å²) in [7, 11) is 0. The first kappa shape index (κ1) is 14.0. The molecule has 0 saturated heterocycles. The molecule has 1 heterocycles. The first-order valence-electron chi connectivity index (χ1n) is 5.23. The van der Waals surface area contributed by atoms with E-state index in [9.17, 15) is 4.39 Å². The van der Waals surface area contributed by atoms with Gasteiger partial charge in [0, 0.05) is 5.69 Å². The van der Waals surface area contributed by atoms with E-state index in [4.69, 9.17) is 17.4 Å². The molecule has 8 heteroatoms. The molecule has 100 valence electrons. The number of aromatic nitrogens is 2. The van der Waals surface area contributed by atoms with E-state index in [1.807, 2.05) is 6.92 Å². The number of nitrogen functional groups attached to an aromatic ring is 1. The summed E-state index contributed by atoms with van der Waals surface area (Å²) in [4.78, 5) is 7.91. The lowest BCUT2D eigenvalue weighted by Crippen LogP contribution is -2.11. The van der Waals surface area contributed by atoms with Crippen LogP contribution in [0.15, 0.2) is 22.8 Å². The van der Waals surface area contributed by atoms with Crippen molar-refractivity contribution in [3.05, 3.63) is 39.2 Å². The largest absolute Gasteiger partial charge is 0.339 e. The van der Waals surface area contributed by atoms with E-state index in [-0.39, 0.29) is 11.8 Å². The Morgan fingerprint density at radius 3 is 2.84 bits per heavy atom. The average molecular weight is 347 g/mol. The molecule has 5 nitrogen and oxygen atoms in total. The second kappa shape index (κ2) is 5.68. The first-order chi connectivity index (χ1) is 9.01. The highest BCUT2D eigenvalue weighted by Crippen LogP contribution is 2.28. The lowest BCUT2D eigenvalue weighted by atomic mass is 10.2. The van der Waals surface area contributed by atoms with Gasteiger partial charge in [-0.3, -0.25) is 5.43 Å². The van der Waals surface area contributed by atoms with Crippen molar-refractivity contribution in [2.45, 2.75) is 6.92 Å². The van der Waals surface area contributed by atoms with Crippen LogP contribution in [0.5, 0.6) is 0 Å². The van der Waals surface area contributed by atoms with Crippen LogP contribution in [0.1, 0.15) is 5.56 Å². The summed E-state index contributed by atoms with van der Waals surface area (Å²) in [5.41, 5.74) is 3.71. The van der Waals surface area contributed by atoms with Crippen LogP contribution >= 0.6 is 27.5 Å². The molecule has 19 heavy (non-hydrogen) atoms. The van der Waals surface area contributed by atoms with Crippen LogP contribution < -0.4 is 16.6 Å². The van der Waals surface area contributed by atoms with Gasteiger partial charge < -0.3 is 5.32 Å². The van der Waals surface area contributed by atoms with Gasteiger partial charge in [0.2, 0.25) is 5.95 Å². The minimum absolute atomic E-state index is 0.210. The Hall–Kier alpha value is -1.44. The zero-order chi connectivity index (χ0) is 14.0. The number of hydrazine groups is 1. The van der Waals surface area contributed by atoms with Gasteiger partial charge in [0.25, 0.3) is 0 Å². The molecule has 0 unspecified atom stereocenters. The monoisotopic (exact) mass is 345 g/mol. The van der Waals surface area contributed by atoms with Crippen molar-refractivity contribution >= 4 is 45.0 Å². The summed E-state index contributed by atoms with van der Waals surface area (Å²) in [5.74, 6) is 5.40. The zero-order valence-electron chi connectivity index (χ0n) is 9.84. The van der Waals surface area contributed by atoms with Crippen molar-refractivity contribution in [2.75, 3.05) is 10.7 Å². The molecule has 0 amide bonds. The maximum absolute atomic E-state index is 13.5. The Kier molecular flexibility index (Phi) is 4.18. The molecule has 0 bridgehead atoms. The fourth-order valence-corrected chi connectivity index (χ4v) is 2.03. The second-order valence-electron chi connectivity index (χ2n) is 3.74. The van der Waals surface area contributed by atoms with Crippen molar-refractivity contribution in [3.8, 4) is 0 Å². The summed E-state index contributed by atoms with van der Waals surface area (Å²) >= 11 is 9.09. The minimum atomic E-state index is -0.379. The highest BCUT2D eigenvalue weighted by atomic mass is 79.9. The van der Waals surface area contributed by atoms with E-state index in [1.54, 1.807) is 6.07 Å². The average Bonchev–Trinajstić information content (AvgIpc) is 2.38. The van der Waals surface area contributed by atoms with Gasteiger partial charge in [-0.1, -0.05) is 11.6 Å². The molecule has 0 aliphatic heterocycles. The number of nitrogens with one attached hydrogen (secondary N) is 2. The molecule has 0 atom stereocenters.